The average Bonchev–Trinajstić information content (AvgIpc) is 2.93. The van der Waals surface area contributed by atoms with Gasteiger partial charge in [0.2, 0.25) is 12.0 Å². The average molecular weight is 413 g/mol. The van der Waals surface area contributed by atoms with Crippen LogP contribution in [0.3, 0.4) is 0 Å². The fourth-order valence-corrected chi connectivity index (χ4v) is 4.05. The molecule has 1 heterocycles. The smallest absolute Gasteiger partial charge is 0.339 e. The predicted molar refractivity (Wildman–Crippen MR) is 113 cm³/mol. The fraction of sp³-hybridized carbons (Fsp3) is 0.318. The number of nitrogens with one attached hydrogen (secondary N) is 1. The van der Waals surface area contributed by atoms with E-state index in [9.17, 15) is 14.4 Å². The van der Waals surface area contributed by atoms with Crippen LogP contribution in [0, 0.1) is 0 Å². The van der Waals surface area contributed by atoms with Crippen LogP contribution in [0.1, 0.15) is 42.3 Å². The second kappa shape index (κ2) is 9.60. The van der Waals surface area contributed by atoms with Crippen LogP contribution in [0.4, 0.5) is 5.69 Å². The van der Waals surface area contributed by atoms with Gasteiger partial charge in [0, 0.05) is 35.7 Å². The van der Waals surface area contributed by atoms with E-state index in [1.165, 1.54) is 0 Å². The molecule has 2 aromatic rings. The van der Waals surface area contributed by atoms with Crippen LogP contribution >= 0.6 is 11.8 Å². The van der Waals surface area contributed by atoms with Crippen LogP contribution < -0.4 is 5.32 Å². The molecule has 1 N–H and O–H groups in total. The number of amides is 2. The number of likely N-dealkylation sites (N-methyl/N-ethyl adjacent to an activating group) is 1. The van der Waals surface area contributed by atoms with Crippen LogP contribution in [0.2, 0.25) is 0 Å². The molecule has 7 heteroatoms. The number of ether oxygens (including phenoxy) is 1. The quantitative estimate of drug-likeness (QED) is 0.729. The van der Waals surface area contributed by atoms with Gasteiger partial charge >= 0.3 is 5.97 Å². The van der Waals surface area contributed by atoms with Gasteiger partial charge in [-0.1, -0.05) is 30.3 Å². The topological polar surface area (TPSA) is 75.7 Å². The predicted octanol–water partition coefficient (Wildman–Crippen LogP) is 3.89. The molecule has 0 saturated carbocycles. The van der Waals surface area contributed by atoms with Crippen LogP contribution in [0.15, 0.2) is 53.4 Å². The van der Waals surface area contributed by atoms with E-state index in [0.717, 1.165) is 4.90 Å². The summed E-state index contributed by atoms with van der Waals surface area (Å²) in [6.45, 7) is 4.83. The Bertz CT molecular complexity index is 897. The molecular weight excluding hydrogens is 388 g/mol. The summed E-state index contributed by atoms with van der Waals surface area (Å²) in [4.78, 5) is 40.2. The molecule has 1 aliphatic heterocycles. The molecule has 6 nitrogen and oxygen atoms in total. The lowest BCUT2D eigenvalue weighted by molar-refractivity contribution is -0.140. The zero-order chi connectivity index (χ0) is 20.8. The second-order valence-electron chi connectivity index (χ2n) is 6.56. The normalized spacial score (nSPS) is 14.2. The zero-order valence-electron chi connectivity index (χ0n) is 16.5. The SMILES string of the molecule is CCN(CC)C(=O)[C@@H](OC(=O)c1ccc2c(c1)NC(=O)CCS2)c1ccccc1. The number of hydrogen-bond acceptors (Lipinski definition) is 5. The van der Waals surface area contributed by atoms with Crippen molar-refractivity contribution in [2.45, 2.75) is 31.3 Å². The number of rotatable bonds is 6. The summed E-state index contributed by atoms with van der Waals surface area (Å²) in [7, 11) is 0. The van der Waals surface area contributed by atoms with Gasteiger partial charge in [-0.2, -0.15) is 0 Å². The van der Waals surface area contributed by atoms with Crippen LogP contribution in [-0.4, -0.2) is 41.5 Å². The highest BCUT2D eigenvalue weighted by molar-refractivity contribution is 7.99. The standard InChI is InChI=1S/C22H24N2O4S/c1-3-24(4-2)21(26)20(15-8-6-5-7-9-15)28-22(27)16-10-11-18-17(14-16)23-19(25)12-13-29-18/h5-11,14,20H,3-4,12-13H2,1-2H3,(H,23,25)/t20-/m0/s1. The van der Waals surface area contributed by atoms with E-state index in [4.69, 9.17) is 4.74 Å². The maximum atomic E-state index is 13.0. The molecule has 1 aliphatic rings. The highest BCUT2D eigenvalue weighted by Crippen LogP contribution is 2.32. The van der Waals surface area contributed by atoms with Crippen molar-refractivity contribution in [3.63, 3.8) is 0 Å². The minimum absolute atomic E-state index is 0.0827. The molecule has 3 rings (SSSR count). The summed E-state index contributed by atoms with van der Waals surface area (Å²) < 4.78 is 5.67. The highest BCUT2D eigenvalue weighted by atomic mass is 32.2. The highest BCUT2D eigenvalue weighted by Gasteiger charge is 2.29. The largest absolute Gasteiger partial charge is 0.444 e. The molecule has 2 aromatic carbocycles. The van der Waals surface area contributed by atoms with Crippen molar-refractivity contribution in [1.82, 2.24) is 4.90 Å². The van der Waals surface area contributed by atoms with E-state index in [-0.39, 0.29) is 11.8 Å². The van der Waals surface area contributed by atoms with Gasteiger partial charge in [0.25, 0.3) is 5.91 Å². The summed E-state index contributed by atoms with van der Waals surface area (Å²) in [6, 6.07) is 14.1. The third-order valence-corrected chi connectivity index (χ3v) is 5.78. The van der Waals surface area contributed by atoms with E-state index in [0.29, 0.717) is 42.1 Å². The van der Waals surface area contributed by atoms with Gasteiger partial charge in [-0.05, 0) is 32.0 Å². The number of esters is 1. The molecule has 0 aliphatic carbocycles. The molecule has 2 amide bonds. The van der Waals surface area contributed by atoms with E-state index >= 15 is 0 Å². The summed E-state index contributed by atoms with van der Waals surface area (Å²) in [5, 5.41) is 2.82. The maximum absolute atomic E-state index is 13.0. The Kier molecular flexibility index (Phi) is 6.93. The monoisotopic (exact) mass is 412 g/mol. The van der Waals surface area contributed by atoms with Crippen LogP contribution in [0.5, 0.6) is 0 Å². The van der Waals surface area contributed by atoms with E-state index in [2.05, 4.69) is 5.32 Å². The molecule has 0 spiro atoms. The Morgan fingerprint density at radius 3 is 2.55 bits per heavy atom. The number of anilines is 1. The summed E-state index contributed by atoms with van der Waals surface area (Å²) in [5.41, 5.74) is 1.51. The molecule has 0 radical (unpaired) electrons. The first kappa shape index (κ1) is 20.9. The van der Waals surface area contributed by atoms with E-state index in [1.807, 2.05) is 19.9 Å². The molecule has 0 unspecified atom stereocenters. The van der Waals surface area contributed by atoms with Crippen molar-refractivity contribution < 1.29 is 19.1 Å². The Labute approximate surface area is 174 Å². The molecular formula is C22H24N2O4S. The van der Waals surface area contributed by atoms with E-state index in [1.54, 1.807) is 59.1 Å². The van der Waals surface area contributed by atoms with Crippen molar-refractivity contribution in [3.8, 4) is 0 Å². The van der Waals surface area contributed by atoms with Crippen molar-refractivity contribution in [2.24, 2.45) is 0 Å². The van der Waals surface area contributed by atoms with Gasteiger partial charge in [0.05, 0.1) is 11.3 Å². The first-order valence-corrected chi connectivity index (χ1v) is 10.6. The molecule has 0 fully saturated rings. The Morgan fingerprint density at radius 1 is 1.14 bits per heavy atom. The van der Waals surface area contributed by atoms with Gasteiger partial charge in [0.1, 0.15) is 0 Å². The van der Waals surface area contributed by atoms with Crippen molar-refractivity contribution in [2.75, 3.05) is 24.2 Å². The minimum Gasteiger partial charge on any atom is -0.444 e. The first-order chi connectivity index (χ1) is 14.0. The lowest BCUT2D eigenvalue weighted by Crippen LogP contribution is -2.36. The van der Waals surface area contributed by atoms with Crippen LogP contribution in [-0.2, 0) is 14.3 Å². The van der Waals surface area contributed by atoms with E-state index < -0.39 is 12.1 Å². The third kappa shape index (κ3) is 4.98. The van der Waals surface area contributed by atoms with Gasteiger partial charge in [-0.15, -0.1) is 11.8 Å². The number of carbonyl (C=O) groups is 3. The number of nitrogens with zero attached hydrogens (tertiary/aromatic N) is 1. The maximum Gasteiger partial charge on any atom is 0.339 e. The van der Waals surface area contributed by atoms with Crippen molar-refractivity contribution in [1.29, 1.82) is 0 Å². The lowest BCUT2D eigenvalue weighted by atomic mass is 10.1. The van der Waals surface area contributed by atoms with Gasteiger partial charge in [0.15, 0.2) is 0 Å². The third-order valence-electron chi connectivity index (χ3n) is 4.70. The summed E-state index contributed by atoms with van der Waals surface area (Å²) >= 11 is 1.56. The zero-order valence-corrected chi connectivity index (χ0v) is 17.3. The fourth-order valence-electron chi connectivity index (χ4n) is 3.11. The number of thioether (sulfide) groups is 1. The number of carbonyl (C=O) groups excluding carboxylic acids is 3. The first-order valence-electron chi connectivity index (χ1n) is 9.64. The van der Waals surface area contributed by atoms with Gasteiger partial charge < -0.3 is 15.0 Å². The van der Waals surface area contributed by atoms with Crippen LogP contribution in [0.25, 0.3) is 0 Å². The number of fused-ring (bicyclic) bond motifs is 1. The Morgan fingerprint density at radius 2 is 1.86 bits per heavy atom. The van der Waals surface area contributed by atoms with Gasteiger partial charge in [-0.3, -0.25) is 9.59 Å². The Hall–Kier alpha value is -2.80. The van der Waals surface area contributed by atoms with Crippen molar-refractivity contribution in [3.05, 3.63) is 59.7 Å². The molecule has 29 heavy (non-hydrogen) atoms. The molecule has 0 bridgehead atoms. The number of benzene rings is 2. The summed E-state index contributed by atoms with van der Waals surface area (Å²) in [5.74, 6) is -0.253. The summed E-state index contributed by atoms with van der Waals surface area (Å²) in [6.07, 6.45) is -0.598. The second-order valence-corrected chi connectivity index (χ2v) is 7.70. The number of hydrogen-bond donors (Lipinski definition) is 1. The van der Waals surface area contributed by atoms with Gasteiger partial charge in [-0.25, -0.2) is 4.79 Å². The molecule has 152 valence electrons. The molecule has 0 aromatic heterocycles. The lowest BCUT2D eigenvalue weighted by Gasteiger charge is -2.25. The molecule has 0 saturated heterocycles. The molecule has 1 atom stereocenters. The minimum atomic E-state index is -1.02. The van der Waals surface area contributed by atoms with Crippen molar-refractivity contribution >= 4 is 35.2 Å². The Balaban J connectivity index is 1.87.